The van der Waals surface area contributed by atoms with Gasteiger partial charge < -0.3 is 20.3 Å². The van der Waals surface area contributed by atoms with Gasteiger partial charge in [-0.3, -0.25) is 0 Å². The minimum Gasteiger partial charge on any atom is -0.378 e. The van der Waals surface area contributed by atoms with Crippen LogP contribution >= 0.6 is 0 Å². The number of benzene rings is 2. The van der Waals surface area contributed by atoms with Crippen molar-refractivity contribution in [2.75, 3.05) is 41.8 Å². The van der Waals surface area contributed by atoms with Crippen LogP contribution in [0.2, 0.25) is 0 Å². The summed E-state index contributed by atoms with van der Waals surface area (Å²) in [5, 5.41) is 6.27. The number of nitrogens with one attached hydrogen (secondary N) is 2. The van der Waals surface area contributed by atoms with E-state index in [1.165, 1.54) is 6.07 Å². The average Bonchev–Trinajstić information content (AvgIpc) is 2.78. The molecule has 2 heterocycles. The third kappa shape index (κ3) is 5.67. The molecular weight excluding hydrogens is 419 g/mol. The average molecular weight is 443 g/mol. The highest BCUT2D eigenvalue weighted by atomic mass is 19.4. The van der Waals surface area contributed by atoms with Gasteiger partial charge in [-0.05, 0) is 48.9 Å². The summed E-state index contributed by atoms with van der Waals surface area (Å²) in [5.74, 6) is 0.943. The predicted octanol–water partition coefficient (Wildman–Crippen LogP) is 5.00. The topological polar surface area (TPSA) is 62.3 Å². The molecule has 0 radical (unpaired) electrons. The van der Waals surface area contributed by atoms with Crippen LogP contribution in [0.1, 0.15) is 16.8 Å². The van der Waals surface area contributed by atoms with Crippen molar-refractivity contribution in [1.82, 2.24) is 9.97 Å². The van der Waals surface area contributed by atoms with Gasteiger partial charge in [0.05, 0.1) is 18.8 Å². The van der Waals surface area contributed by atoms with Gasteiger partial charge in [0.25, 0.3) is 0 Å². The molecule has 3 aromatic rings. The second-order valence-electron chi connectivity index (χ2n) is 7.54. The number of ether oxygens (including phenoxy) is 1. The number of rotatable bonds is 6. The van der Waals surface area contributed by atoms with E-state index in [0.29, 0.717) is 17.3 Å². The maximum Gasteiger partial charge on any atom is 0.416 e. The second-order valence-corrected chi connectivity index (χ2v) is 7.54. The van der Waals surface area contributed by atoms with Gasteiger partial charge in [0.2, 0.25) is 5.95 Å². The van der Waals surface area contributed by atoms with E-state index in [4.69, 9.17) is 4.74 Å². The Morgan fingerprint density at radius 2 is 1.75 bits per heavy atom. The van der Waals surface area contributed by atoms with Crippen molar-refractivity contribution >= 4 is 23.1 Å². The first kappa shape index (κ1) is 21.9. The fourth-order valence-electron chi connectivity index (χ4n) is 3.47. The number of hydrogen-bond donors (Lipinski definition) is 2. The van der Waals surface area contributed by atoms with Gasteiger partial charge in [-0.15, -0.1) is 0 Å². The molecule has 0 aliphatic carbocycles. The van der Waals surface area contributed by atoms with Crippen LogP contribution in [0, 0.1) is 6.92 Å². The Morgan fingerprint density at radius 3 is 2.47 bits per heavy atom. The number of alkyl halides is 3. The van der Waals surface area contributed by atoms with Crippen molar-refractivity contribution in [2.45, 2.75) is 19.6 Å². The Bertz CT molecular complexity index is 1050. The van der Waals surface area contributed by atoms with Crippen LogP contribution in [0.25, 0.3) is 0 Å². The molecule has 0 amide bonds. The Hall–Kier alpha value is -3.33. The number of aryl methyl sites for hydroxylation is 1. The van der Waals surface area contributed by atoms with Gasteiger partial charge in [-0.1, -0.05) is 12.1 Å². The van der Waals surface area contributed by atoms with Gasteiger partial charge in [0.15, 0.2) is 0 Å². The van der Waals surface area contributed by atoms with E-state index in [1.807, 2.05) is 31.2 Å². The van der Waals surface area contributed by atoms with E-state index >= 15 is 0 Å². The molecule has 6 nitrogen and oxygen atoms in total. The highest BCUT2D eigenvalue weighted by molar-refractivity contribution is 5.60. The summed E-state index contributed by atoms with van der Waals surface area (Å²) in [6.07, 6.45) is -4.37. The van der Waals surface area contributed by atoms with Gasteiger partial charge in [0.1, 0.15) is 5.82 Å². The first-order valence-corrected chi connectivity index (χ1v) is 10.3. The Morgan fingerprint density at radius 1 is 1.00 bits per heavy atom. The van der Waals surface area contributed by atoms with Crippen molar-refractivity contribution in [3.8, 4) is 0 Å². The van der Waals surface area contributed by atoms with E-state index in [9.17, 15) is 13.2 Å². The van der Waals surface area contributed by atoms with E-state index in [1.54, 1.807) is 12.1 Å². The lowest BCUT2D eigenvalue weighted by atomic mass is 10.1. The first-order valence-electron chi connectivity index (χ1n) is 10.3. The molecule has 1 aliphatic heterocycles. The molecule has 0 bridgehead atoms. The second kappa shape index (κ2) is 9.44. The molecule has 0 spiro atoms. The van der Waals surface area contributed by atoms with Crippen LogP contribution in [0.15, 0.2) is 54.6 Å². The lowest BCUT2D eigenvalue weighted by molar-refractivity contribution is -0.137. The summed E-state index contributed by atoms with van der Waals surface area (Å²) in [4.78, 5) is 11.1. The summed E-state index contributed by atoms with van der Waals surface area (Å²) in [6.45, 7) is 5.25. The number of halogens is 3. The Kier molecular flexibility index (Phi) is 6.45. The van der Waals surface area contributed by atoms with Gasteiger partial charge in [-0.25, -0.2) is 4.98 Å². The summed E-state index contributed by atoms with van der Waals surface area (Å²) in [6, 6.07) is 15.0. The van der Waals surface area contributed by atoms with Crippen LogP contribution in [-0.2, 0) is 17.5 Å². The lowest BCUT2D eigenvalue weighted by Gasteiger charge is -2.28. The fraction of sp³-hybridized carbons (Fsp3) is 0.304. The molecule has 2 N–H and O–H groups in total. The zero-order valence-electron chi connectivity index (χ0n) is 17.6. The quantitative estimate of drug-likeness (QED) is 0.559. The Balaban J connectivity index is 1.41. The minimum absolute atomic E-state index is 0.216. The number of hydrogen-bond acceptors (Lipinski definition) is 6. The number of nitrogens with zero attached hydrogens (tertiary/aromatic N) is 3. The summed E-state index contributed by atoms with van der Waals surface area (Å²) < 4.78 is 44.1. The molecule has 0 atom stereocenters. The molecular formula is C23H24F3N5O. The predicted molar refractivity (Wildman–Crippen MR) is 118 cm³/mol. The standard InChI is InChI=1S/C23H24F3N5O/c1-16-13-21(27-15-17-3-2-4-18(14-17)23(24,25)26)30-22(28-16)29-19-5-7-20(8-6-19)31-9-11-32-12-10-31/h2-8,13-14H,9-12,15H2,1H3,(H2,27,28,29,30). The molecule has 0 saturated carbocycles. The summed E-state index contributed by atoms with van der Waals surface area (Å²) >= 11 is 0. The smallest absolute Gasteiger partial charge is 0.378 e. The van der Waals surface area contributed by atoms with Crippen LogP contribution in [0.4, 0.5) is 36.3 Å². The Labute approximate surface area is 184 Å². The van der Waals surface area contributed by atoms with Crippen molar-refractivity contribution in [1.29, 1.82) is 0 Å². The van der Waals surface area contributed by atoms with Gasteiger partial charge in [0, 0.05) is 42.8 Å². The molecule has 0 unspecified atom stereocenters. The van der Waals surface area contributed by atoms with Crippen LogP contribution < -0.4 is 15.5 Å². The zero-order chi connectivity index (χ0) is 22.6. The van der Waals surface area contributed by atoms with Crippen molar-refractivity contribution in [2.24, 2.45) is 0 Å². The molecule has 9 heteroatoms. The van der Waals surface area contributed by atoms with Crippen LogP contribution in [-0.4, -0.2) is 36.3 Å². The van der Waals surface area contributed by atoms with E-state index < -0.39 is 11.7 Å². The maximum atomic E-state index is 12.9. The maximum absolute atomic E-state index is 12.9. The molecule has 1 aromatic heterocycles. The van der Waals surface area contributed by atoms with Crippen molar-refractivity contribution < 1.29 is 17.9 Å². The molecule has 2 aromatic carbocycles. The molecule has 1 saturated heterocycles. The molecule has 32 heavy (non-hydrogen) atoms. The van der Waals surface area contributed by atoms with Crippen molar-refractivity contribution in [3.05, 3.63) is 71.4 Å². The third-order valence-corrected chi connectivity index (χ3v) is 5.08. The molecule has 168 valence electrons. The van der Waals surface area contributed by atoms with Crippen LogP contribution in [0.3, 0.4) is 0 Å². The fourth-order valence-corrected chi connectivity index (χ4v) is 3.47. The molecule has 1 fully saturated rings. The zero-order valence-corrected chi connectivity index (χ0v) is 17.6. The monoisotopic (exact) mass is 443 g/mol. The highest BCUT2D eigenvalue weighted by Crippen LogP contribution is 2.29. The molecule has 4 rings (SSSR count). The largest absolute Gasteiger partial charge is 0.416 e. The SMILES string of the molecule is Cc1cc(NCc2cccc(C(F)(F)F)c2)nc(Nc2ccc(N3CCOCC3)cc2)n1. The summed E-state index contributed by atoms with van der Waals surface area (Å²) in [5.41, 5.74) is 2.56. The van der Waals surface area contributed by atoms with E-state index in [0.717, 1.165) is 55.5 Å². The van der Waals surface area contributed by atoms with E-state index in [2.05, 4.69) is 25.5 Å². The third-order valence-electron chi connectivity index (χ3n) is 5.08. The van der Waals surface area contributed by atoms with E-state index in [-0.39, 0.29) is 6.54 Å². The highest BCUT2D eigenvalue weighted by Gasteiger charge is 2.30. The molecule has 1 aliphatic rings. The summed E-state index contributed by atoms with van der Waals surface area (Å²) in [7, 11) is 0. The van der Waals surface area contributed by atoms with Gasteiger partial charge >= 0.3 is 6.18 Å². The lowest BCUT2D eigenvalue weighted by Crippen LogP contribution is -2.36. The number of anilines is 4. The number of aromatic nitrogens is 2. The minimum atomic E-state index is -4.37. The van der Waals surface area contributed by atoms with Gasteiger partial charge in [-0.2, -0.15) is 18.2 Å². The number of morpholine rings is 1. The normalized spacial score (nSPS) is 14.3. The van der Waals surface area contributed by atoms with Crippen LogP contribution in [0.5, 0.6) is 0 Å². The first-order chi connectivity index (χ1) is 15.4. The van der Waals surface area contributed by atoms with Crippen molar-refractivity contribution in [3.63, 3.8) is 0 Å².